The largest absolute Gasteiger partial charge is 0.393 e. The van der Waals surface area contributed by atoms with E-state index in [0.29, 0.717) is 18.9 Å². The number of carbonyl (C=O) groups excluding carboxylic acids is 1. The molecule has 2 rings (SSSR count). The zero-order chi connectivity index (χ0) is 13.0. The van der Waals surface area contributed by atoms with E-state index >= 15 is 0 Å². The standard InChI is InChI=1S/C15H21NO2/c1-2-12(17)8-9-16-15(18)14-10-13(14)11-6-4-3-5-7-11/h3-7,12-14,17H,2,8-10H2,1H3,(H,16,18). The van der Waals surface area contributed by atoms with Crippen molar-refractivity contribution in [3.8, 4) is 0 Å². The minimum atomic E-state index is -0.297. The van der Waals surface area contributed by atoms with Gasteiger partial charge in [-0.3, -0.25) is 4.79 Å². The van der Waals surface area contributed by atoms with E-state index in [9.17, 15) is 9.90 Å². The number of hydrogen-bond donors (Lipinski definition) is 2. The number of aliphatic hydroxyl groups excluding tert-OH is 1. The van der Waals surface area contributed by atoms with E-state index in [0.717, 1.165) is 12.8 Å². The van der Waals surface area contributed by atoms with Crippen molar-refractivity contribution < 1.29 is 9.90 Å². The maximum Gasteiger partial charge on any atom is 0.223 e. The van der Waals surface area contributed by atoms with Crippen LogP contribution in [0.2, 0.25) is 0 Å². The van der Waals surface area contributed by atoms with Crippen molar-refractivity contribution in [2.45, 2.75) is 38.2 Å². The smallest absolute Gasteiger partial charge is 0.223 e. The molecule has 0 saturated heterocycles. The molecule has 0 aromatic heterocycles. The van der Waals surface area contributed by atoms with Crippen LogP contribution in [0, 0.1) is 5.92 Å². The van der Waals surface area contributed by atoms with Gasteiger partial charge in [-0.1, -0.05) is 37.3 Å². The molecule has 2 N–H and O–H groups in total. The summed E-state index contributed by atoms with van der Waals surface area (Å²) < 4.78 is 0. The van der Waals surface area contributed by atoms with Crippen LogP contribution in [-0.2, 0) is 4.79 Å². The summed E-state index contributed by atoms with van der Waals surface area (Å²) >= 11 is 0. The van der Waals surface area contributed by atoms with Crippen molar-refractivity contribution in [3.63, 3.8) is 0 Å². The predicted molar refractivity (Wildman–Crippen MR) is 71.2 cm³/mol. The third kappa shape index (κ3) is 3.33. The van der Waals surface area contributed by atoms with Crippen LogP contribution in [0.5, 0.6) is 0 Å². The fourth-order valence-electron chi connectivity index (χ4n) is 2.25. The first-order valence-electron chi connectivity index (χ1n) is 6.73. The highest BCUT2D eigenvalue weighted by atomic mass is 16.3. The number of benzene rings is 1. The molecule has 1 saturated carbocycles. The lowest BCUT2D eigenvalue weighted by atomic mass is 10.1. The molecule has 1 fully saturated rings. The second-order valence-corrected chi connectivity index (χ2v) is 5.00. The van der Waals surface area contributed by atoms with Crippen molar-refractivity contribution in [2.75, 3.05) is 6.54 Å². The number of rotatable bonds is 6. The number of carbonyl (C=O) groups is 1. The maximum absolute atomic E-state index is 11.9. The van der Waals surface area contributed by atoms with E-state index in [4.69, 9.17) is 0 Å². The monoisotopic (exact) mass is 247 g/mol. The van der Waals surface area contributed by atoms with Crippen LogP contribution in [-0.4, -0.2) is 23.7 Å². The topological polar surface area (TPSA) is 49.3 Å². The third-order valence-corrected chi connectivity index (χ3v) is 3.60. The van der Waals surface area contributed by atoms with Gasteiger partial charge in [-0.15, -0.1) is 0 Å². The molecule has 18 heavy (non-hydrogen) atoms. The fourth-order valence-corrected chi connectivity index (χ4v) is 2.25. The molecule has 3 unspecified atom stereocenters. The average molecular weight is 247 g/mol. The number of hydrogen-bond acceptors (Lipinski definition) is 2. The van der Waals surface area contributed by atoms with Crippen LogP contribution in [0.25, 0.3) is 0 Å². The number of nitrogens with one attached hydrogen (secondary N) is 1. The van der Waals surface area contributed by atoms with E-state index in [1.807, 2.05) is 25.1 Å². The van der Waals surface area contributed by atoms with Crippen LogP contribution in [0.3, 0.4) is 0 Å². The second kappa shape index (κ2) is 6.01. The summed E-state index contributed by atoms with van der Waals surface area (Å²) in [6.07, 6.45) is 2.04. The first kappa shape index (κ1) is 13.1. The summed E-state index contributed by atoms with van der Waals surface area (Å²) in [5.41, 5.74) is 1.26. The zero-order valence-electron chi connectivity index (χ0n) is 10.8. The van der Waals surface area contributed by atoms with E-state index in [2.05, 4.69) is 17.4 Å². The average Bonchev–Trinajstić information content (AvgIpc) is 3.19. The highest BCUT2D eigenvalue weighted by molar-refractivity contribution is 5.82. The quantitative estimate of drug-likeness (QED) is 0.808. The van der Waals surface area contributed by atoms with Crippen molar-refractivity contribution in [2.24, 2.45) is 5.92 Å². The van der Waals surface area contributed by atoms with Gasteiger partial charge in [0.1, 0.15) is 0 Å². The van der Waals surface area contributed by atoms with Crippen LogP contribution in [0.4, 0.5) is 0 Å². The van der Waals surface area contributed by atoms with Crippen molar-refractivity contribution >= 4 is 5.91 Å². The Labute approximate surface area is 108 Å². The fraction of sp³-hybridized carbons (Fsp3) is 0.533. The normalized spacial score (nSPS) is 23.4. The predicted octanol–water partition coefficient (Wildman–Crippen LogP) is 2.07. The minimum absolute atomic E-state index is 0.131. The Hall–Kier alpha value is -1.35. The van der Waals surface area contributed by atoms with Gasteiger partial charge in [0.05, 0.1) is 6.10 Å². The first-order valence-corrected chi connectivity index (χ1v) is 6.73. The van der Waals surface area contributed by atoms with Gasteiger partial charge in [-0.05, 0) is 30.7 Å². The molecule has 0 aliphatic heterocycles. The molecule has 0 spiro atoms. The lowest BCUT2D eigenvalue weighted by molar-refractivity contribution is -0.122. The molecule has 0 bridgehead atoms. The molecular weight excluding hydrogens is 226 g/mol. The summed E-state index contributed by atoms with van der Waals surface area (Å²) in [6.45, 7) is 2.52. The molecule has 3 nitrogen and oxygen atoms in total. The highest BCUT2D eigenvalue weighted by Gasteiger charge is 2.43. The Morgan fingerprint density at radius 3 is 2.83 bits per heavy atom. The molecule has 98 valence electrons. The molecule has 1 amide bonds. The molecule has 3 atom stereocenters. The minimum Gasteiger partial charge on any atom is -0.393 e. The Morgan fingerprint density at radius 1 is 1.44 bits per heavy atom. The maximum atomic E-state index is 11.9. The van der Waals surface area contributed by atoms with Gasteiger partial charge in [0.2, 0.25) is 5.91 Å². The van der Waals surface area contributed by atoms with Crippen LogP contribution < -0.4 is 5.32 Å². The van der Waals surface area contributed by atoms with Gasteiger partial charge in [-0.25, -0.2) is 0 Å². The second-order valence-electron chi connectivity index (χ2n) is 5.00. The summed E-state index contributed by atoms with van der Waals surface area (Å²) in [4.78, 5) is 11.9. The van der Waals surface area contributed by atoms with Crippen molar-refractivity contribution in [1.29, 1.82) is 0 Å². The highest BCUT2D eigenvalue weighted by Crippen LogP contribution is 2.47. The van der Waals surface area contributed by atoms with Gasteiger partial charge >= 0.3 is 0 Å². The molecule has 1 aliphatic carbocycles. The molecule has 1 aromatic rings. The zero-order valence-corrected chi connectivity index (χ0v) is 10.8. The van der Waals surface area contributed by atoms with Crippen LogP contribution in [0.15, 0.2) is 30.3 Å². The van der Waals surface area contributed by atoms with E-state index < -0.39 is 0 Å². The molecule has 0 heterocycles. The third-order valence-electron chi connectivity index (χ3n) is 3.60. The Bertz CT molecular complexity index is 391. The van der Waals surface area contributed by atoms with E-state index in [1.165, 1.54) is 5.56 Å². The van der Waals surface area contributed by atoms with Crippen LogP contribution in [0.1, 0.15) is 37.7 Å². The van der Waals surface area contributed by atoms with Crippen LogP contribution >= 0.6 is 0 Å². The lowest BCUT2D eigenvalue weighted by Gasteiger charge is -2.08. The summed E-state index contributed by atoms with van der Waals surface area (Å²) in [5.74, 6) is 0.653. The van der Waals surface area contributed by atoms with Gasteiger partial charge in [-0.2, -0.15) is 0 Å². The Kier molecular flexibility index (Phi) is 4.37. The van der Waals surface area contributed by atoms with E-state index in [-0.39, 0.29) is 17.9 Å². The Balaban J connectivity index is 1.73. The van der Waals surface area contributed by atoms with Crippen molar-refractivity contribution in [1.82, 2.24) is 5.32 Å². The molecule has 1 aromatic carbocycles. The van der Waals surface area contributed by atoms with Gasteiger partial charge in [0, 0.05) is 12.5 Å². The number of amides is 1. The first-order chi connectivity index (χ1) is 8.72. The Morgan fingerprint density at radius 2 is 2.17 bits per heavy atom. The number of aliphatic hydroxyl groups is 1. The molecule has 1 aliphatic rings. The summed E-state index contributed by atoms with van der Waals surface area (Å²) in [5, 5.41) is 12.3. The van der Waals surface area contributed by atoms with E-state index in [1.54, 1.807) is 0 Å². The van der Waals surface area contributed by atoms with Gasteiger partial charge in [0.15, 0.2) is 0 Å². The molecule has 3 heteroatoms. The lowest BCUT2D eigenvalue weighted by Crippen LogP contribution is -2.28. The molecule has 0 radical (unpaired) electrons. The summed E-state index contributed by atoms with van der Waals surface area (Å²) in [6, 6.07) is 10.2. The van der Waals surface area contributed by atoms with Crippen molar-refractivity contribution in [3.05, 3.63) is 35.9 Å². The summed E-state index contributed by atoms with van der Waals surface area (Å²) in [7, 11) is 0. The SMILES string of the molecule is CCC(O)CCNC(=O)C1CC1c1ccccc1. The van der Waals surface area contributed by atoms with Gasteiger partial charge in [0.25, 0.3) is 0 Å². The van der Waals surface area contributed by atoms with Gasteiger partial charge < -0.3 is 10.4 Å². The molecular formula is C15H21NO2.